The lowest BCUT2D eigenvalue weighted by atomic mass is 10.1. The molecule has 0 saturated carbocycles. The van der Waals surface area contributed by atoms with Crippen LogP contribution in [0.4, 0.5) is 5.69 Å². The quantitative estimate of drug-likeness (QED) is 0.833. The summed E-state index contributed by atoms with van der Waals surface area (Å²) in [7, 11) is 1.63. The zero-order chi connectivity index (χ0) is 16.9. The molecule has 3 rings (SSSR count). The summed E-state index contributed by atoms with van der Waals surface area (Å²) in [6.07, 6.45) is 1.12. The molecule has 1 amide bonds. The van der Waals surface area contributed by atoms with Gasteiger partial charge in [0.25, 0.3) is 5.91 Å². The smallest absolute Gasteiger partial charge is 0.256 e. The largest absolute Gasteiger partial charge is 0.497 e. The highest BCUT2D eigenvalue weighted by Crippen LogP contribution is 2.27. The van der Waals surface area contributed by atoms with Crippen LogP contribution in [0.1, 0.15) is 17.7 Å². The van der Waals surface area contributed by atoms with Crippen molar-refractivity contribution in [2.24, 2.45) is 5.73 Å². The third-order valence-corrected chi connectivity index (χ3v) is 5.05. The van der Waals surface area contributed by atoms with E-state index in [9.17, 15) is 4.79 Å². The maximum absolute atomic E-state index is 13.0. The monoisotopic (exact) mass is 382 g/mol. The van der Waals surface area contributed by atoms with Crippen molar-refractivity contribution >= 4 is 35.3 Å². The van der Waals surface area contributed by atoms with Crippen molar-refractivity contribution in [3.8, 4) is 5.75 Å². The second kappa shape index (κ2) is 9.20. The molecule has 1 saturated heterocycles. The summed E-state index contributed by atoms with van der Waals surface area (Å²) in [5.41, 5.74) is 6.50. The Bertz CT molecular complexity index is 663. The third-order valence-electron chi connectivity index (χ3n) is 4.19. The Morgan fingerprint density at radius 2 is 2.08 bits per heavy atom. The lowest BCUT2D eigenvalue weighted by molar-refractivity contribution is -0.129. The number of ether oxygens (including phenoxy) is 2. The SMILES string of the molecule is COc1ccc(N(Cc2cccs2)C(=O)[C@@H]2CC[C@H](CN)O2)cc1.Cl. The summed E-state index contributed by atoms with van der Waals surface area (Å²) in [5.74, 6) is 0.757. The first-order chi connectivity index (χ1) is 11.7. The van der Waals surface area contributed by atoms with E-state index in [1.165, 1.54) is 0 Å². The Hall–Kier alpha value is -1.60. The molecule has 25 heavy (non-hydrogen) atoms. The number of carbonyl (C=O) groups excluding carboxylic acids is 1. The molecule has 0 radical (unpaired) electrons. The van der Waals surface area contributed by atoms with Crippen molar-refractivity contribution < 1.29 is 14.3 Å². The van der Waals surface area contributed by atoms with Crippen LogP contribution in [0.15, 0.2) is 41.8 Å². The van der Waals surface area contributed by atoms with Gasteiger partial charge in [-0.05, 0) is 48.6 Å². The average molecular weight is 383 g/mol. The van der Waals surface area contributed by atoms with Gasteiger partial charge in [0.05, 0.1) is 19.8 Å². The van der Waals surface area contributed by atoms with Crippen molar-refractivity contribution in [1.82, 2.24) is 0 Å². The first kappa shape index (κ1) is 19.7. The molecule has 1 aromatic carbocycles. The van der Waals surface area contributed by atoms with Gasteiger partial charge < -0.3 is 20.1 Å². The Morgan fingerprint density at radius 3 is 2.64 bits per heavy atom. The molecule has 1 fully saturated rings. The van der Waals surface area contributed by atoms with Gasteiger partial charge in [0.15, 0.2) is 0 Å². The van der Waals surface area contributed by atoms with E-state index in [1.807, 2.05) is 41.8 Å². The fraction of sp³-hybridized carbons (Fsp3) is 0.389. The lowest BCUT2D eigenvalue weighted by Gasteiger charge is -2.25. The summed E-state index contributed by atoms with van der Waals surface area (Å²) in [5, 5.41) is 2.02. The van der Waals surface area contributed by atoms with Crippen LogP contribution in [-0.4, -0.2) is 31.8 Å². The van der Waals surface area contributed by atoms with Crippen LogP contribution in [0.2, 0.25) is 0 Å². The molecule has 1 aromatic heterocycles. The van der Waals surface area contributed by atoms with Gasteiger partial charge in [-0.15, -0.1) is 23.7 Å². The summed E-state index contributed by atoms with van der Waals surface area (Å²) < 4.78 is 11.0. The predicted molar refractivity (Wildman–Crippen MR) is 103 cm³/mol. The van der Waals surface area contributed by atoms with Gasteiger partial charge in [0.1, 0.15) is 11.9 Å². The lowest BCUT2D eigenvalue weighted by Crippen LogP contribution is -2.39. The van der Waals surface area contributed by atoms with E-state index >= 15 is 0 Å². The molecule has 7 heteroatoms. The first-order valence-corrected chi connectivity index (χ1v) is 8.92. The molecule has 5 nitrogen and oxygen atoms in total. The Balaban J connectivity index is 0.00000225. The van der Waals surface area contributed by atoms with Gasteiger partial charge in [-0.25, -0.2) is 0 Å². The number of thiophene rings is 1. The zero-order valence-corrected chi connectivity index (χ0v) is 15.7. The molecule has 1 aliphatic heterocycles. The first-order valence-electron chi connectivity index (χ1n) is 8.04. The van der Waals surface area contributed by atoms with Gasteiger partial charge in [0, 0.05) is 17.1 Å². The molecule has 2 N–H and O–H groups in total. The van der Waals surface area contributed by atoms with E-state index < -0.39 is 6.10 Å². The molecule has 0 bridgehead atoms. The number of halogens is 1. The highest BCUT2D eigenvalue weighted by atomic mass is 35.5. The van der Waals surface area contributed by atoms with E-state index in [-0.39, 0.29) is 24.4 Å². The average Bonchev–Trinajstić information content (AvgIpc) is 3.31. The van der Waals surface area contributed by atoms with Crippen molar-refractivity contribution in [3.63, 3.8) is 0 Å². The number of anilines is 1. The van der Waals surface area contributed by atoms with E-state index in [2.05, 4.69) is 0 Å². The summed E-state index contributed by atoms with van der Waals surface area (Å²) in [6.45, 7) is 0.993. The number of benzene rings is 1. The maximum atomic E-state index is 13.0. The Morgan fingerprint density at radius 1 is 1.32 bits per heavy atom. The van der Waals surface area contributed by atoms with Crippen LogP contribution >= 0.6 is 23.7 Å². The van der Waals surface area contributed by atoms with Gasteiger partial charge >= 0.3 is 0 Å². The van der Waals surface area contributed by atoms with Gasteiger partial charge in [0.2, 0.25) is 0 Å². The molecular weight excluding hydrogens is 360 g/mol. The minimum Gasteiger partial charge on any atom is -0.497 e. The molecule has 2 atom stereocenters. The second-order valence-electron chi connectivity index (χ2n) is 5.76. The number of amides is 1. The second-order valence-corrected chi connectivity index (χ2v) is 6.79. The van der Waals surface area contributed by atoms with Crippen LogP contribution in [0.3, 0.4) is 0 Å². The topological polar surface area (TPSA) is 64.8 Å². The van der Waals surface area contributed by atoms with Crippen LogP contribution in [0, 0.1) is 0 Å². The van der Waals surface area contributed by atoms with Gasteiger partial charge in [-0.2, -0.15) is 0 Å². The summed E-state index contributed by atoms with van der Waals surface area (Å²) in [6, 6.07) is 11.6. The van der Waals surface area contributed by atoms with Crippen LogP contribution in [-0.2, 0) is 16.1 Å². The molecule has 0 unspecified atom stereocenters. The maximum Gasteiger partial charge on any atom is 0.256 e. The van der Waals surface area contributed by atoms with E-state index in [1.54, 1.807) is 23.3 Å². The minimum atomic E-state index is -0.416. The minimum absolute atomic E-state index is 0. The summed E-state index contributed by atoms with van der Waals surface area (Å²) >= 11 is 1.64. The normalized spacial score (nSPS) is 19.3. The molecule has 2 heterocycles. The van der Waals surface area contributed by atoms with E-state index in [0.717, 1.165) is 29.2 Å². The zero-order valence-electron chi connectivity index (χ0n) is 14.1. The van der Waals surface area contributed by atoms with Crippen molar-refractivity contribution in [3.05, 3.63) is 46.7 Å². The number of hydrogen-bond donors (Lipinski definition) is 1. The van der Waals surface area contributed by atoms with Crippen molar-refractivity contribution in [1.29, 1.82) is 0 Å². The van der Waals surface area contributed by atoms with Crippen LogP contribution in [0.25, 0.3) is 0 Å². The van der Waals surface area contributed by atoms with Crippen LogP contribution in [0.5, 0.6) is 5.75 Å². The fourth-order valence-corrected chi connectivity index (χ4v) is 3.54. The Kier molecular flexibility index (Phi) is 7.25. The number of nitrogens with zero attached hydrogens (tertiary/aromatic N) is 1. The number of carbonyl (C=O) groups is 1. The van der Waals surface area contributed by atoms with Crippen molar-refractivity contribution in [2.45, 2.75) is 31.6 Å². The van der Waals surface area contributed by atoms with Crippen molar-refractivity contribution in [2.75, 3.05) is 18.6 Å². The Labute approximate surface area is 158 Å². The number of hydrogen-bond acceptors (Lipinski definition) is 5. The molecule has 1 aliphatic rings. The predicted octanol–water partition coefficient (Wildman–Crippen LogP) is 3.22. The molecule has 136 valence electrons. The molecule has 0 aliphatic carbocycles. The standard InChI is InChI=1S/C18H22N2O3S.ClH/c1-22-14-6-4-13(5-7-14)20(12-16-3-2-10-24-16)18(21)17-9-8-15(11-19)23-17;/h2-7,10,15,17H,8-9,11-12,19H2,1H3;1H/t15-,17+;/m1./s1. The van der Waals surface area contributed by atoms with E-state index in [4.69, 9.17) is 15.2 Å². The highest BCUT2D eigenvalue weighted by molar-refractivity contribution is 7.09. The third kappa shape index (κ3) is 4.73. The summed E-state index contributed by atoms with van der Waals surface area (Å²) in [4.78, 5) is 15.9. The number of nitrogens with two attached hydrogens (primary N) is 1. The molecular formula is C18H23ClN2O3S. The van der Waals surface area contributed by atoms with Gasteiger partial charge in [-0.1, -0.05) is 6.07 Å². The molecule has 0 spiro atoms. The van der Waals surface area contributed by atoms with Crippen LogP contribution < -0.4 is 15.4 Å². The highest BCUT2D eigenvalue weighted by Gasteiger charge is 2.33. The number of methoxy groups -OCH3 is 1. The molecule has 2 aromatic rings. The van der Waals surface area contributed by atoms with Gasteiger partial charge in [-0.3, -0.25) is 4.79 Å². The number of rotatable bonds is 6. The fourth-order valence-electron chi connectivity index (χ4n) is 2.85. The van der Waals surface area contributed by atoms with E-state index in [0.29, 0.717) is 13.1 Å².